The average molecular weight is 496 g/mol. The van der Waals surface area contributed by atoms with Gasteiger partial charge in [0.15, 0.2) is 17.4 Å². The first kappa shape index (κ1) is 23.9. The number of hydrogen-bond donors (Lipinski definition) is 0. The summed E-state index contributed by atoms with van der Waals surface area (Å²) >= 11 is 0. The van der Waals surface area contributed by atoms with Gasteiger partial charge in [-0.15, -0.1) is 0 Å². The first-order chi connectivity index (χ1) is 17.4. The molecule has 2 aliphatic heterocycles. The first-order valence-electron chi connectivity index (χ1n) is 11.9. The zero-order valence-corrected chi connectivity index (χ0v) is 20.2. The topological polar surface area (TPSA) is 80.7 Å². The fraction of sp³-hybridized carbons (Fsp3) is 0.385. The quantitative estimate of drug-likeness (QED) is 0.533. The minimum absolute atomic E-state index is 0.00671. The van der Waals surface area contributed by atoms with Gasteiger partial charge < -0.3 is 19.3 Å². The zero-order chi connectivity index (χ0) is 25.2. The Labute approximate surface area is 207 Å². The fourth-order valence-electron chi connectivity index (χ4n) is 4.58. The van der Waals surface area contributed by atoms with E-state index in [1.807, 2.05) is 12.1 Å². The number of fused-ring (bicyclic) bond motifs is 1. The van der Waals surface area contributed by atoms with Crippen molar-refractivity contribution in [3.63, 3.8) is 0 Å². The molecule has 1 saturated heterocycles. The van der Waals surface area contributed by atoms with Crippen molar-refractivity contribution < 1.29 is 23.0 Å². The lowest BCUT2D eigenvalue weighted by molar-refractivity contribution is -0.129. The molecule has 0 unspecified atom stereocenters. The van der Waals surface area contributed by atoms with Gasteiger partial charge in [-0.05, 0) is 18.2 Å². The van der Waals surface area contributed by atoms with E-state index in [2.05, 4.69) is 9.88 Å². The molecule has 0 atom stereocenters. The number of hydrogen-bond acceptors (Lipinski definition) is 7. The Morgan fingerprint density at radius 1 is 1.03 bits per heavy atom. The summed E-state index contributed by atoms with van der Waals surface area (Å²) in [6, 6.07) is 8.82. The molecule has 36 heavy (non-hydrogen) atoms. The summed E-state index contributed by atoms with van der Waals surface area (Å²) in [6.45, 7) is 3.82. The summed E-state index contributed by atoms with van der Waals surface area (Å²) in [5.41, 5.74) is 2.90. The molecule has 0 aliphatic carbocycles. The predicted octanol–water partition coefficient (Wildman–Crippen LogP) is 3.78. The number of aromatic nitrogens is 3. The van der Waals surface area contributed by atoms with Gasteiger partial charge in [0, 0.05) is 58.0 Å². The number of ether oxygens (including phenoxy) is 2. The largest absolute Gasteiger partial charge is 0.487 e. The molecule has 1 amide bonds. The molecule has 0 N–H and O–H groups in total. The maximum Gasteiger partial charge on any atom is 0.219 e. The van der Waals surface area contributed by atoms with Crippen LogP contribution in [0.15, 0.2) is 36.4 Å². The molecule has 3 aromatic rings. The summed E-state index contributed by atoms with van der Waals surface area (Å²) in [6.07, 6.45) is 1.70. The summed E-state index contributed by atoms with van der Waals surface area (Å²) in [5, 5.41) is 0. The Bertz CT molecular complexity index is 1280. The SMILES string of the molecule is COc1cccc(-c2nc3c(nc2N2CCC(Oc4ccc(F)cc4F)CC2)CCN(C(C)=O)C3)n1. The molecular formula is C26H27F2N5O3. The Morgan fingerprint density at radius 3 is 2.56 bits per heavy atom. The van der Waals surface area contributed by atoms with Crippen molar-refractivity contribution in [3.8, 4) is 23.0 Å². The number of amides is 1. The minimum Gasteiger partial charge on any atom is -0.487 e. The maximum absolute atomic E-state index is 14.1. The van der Waals surface area contributed by atoms with E-state index < -0.39 is 11.6 Å². The lowest BCUT2D eigenvalue weighted by Crippen LogP contribution is -2.40. The van der Waals surface area contributed by atoms with Crippen LogP contribution in [0.5, 0.6) is 11.6 Å². The van der Waals surface area contributed by atoms with E-state index >= 15 is 0 Å². The van der Waals surface area contributed by atoms with Gasteiger partial charge in [0.2, 0.25) is 11.8 Å². The third-order valence-corrected chi connectivity index (χ3v) is 6.54. The highest BCUT2D eigenvalue weighted by Gasteiger charge is 2.29. The van der Waals surface area contributed by atoms with E-state index in [0.717, 1.165) is 23.3 Å². The van der Waals surface area contributed by atoms with Crippen LogP contribution in [0, 0.1) is 11.6 Å². The molecule has 0 spiro atoms. The van der Waals surface area contributed by atoms with E-state index in [9.17, 15) is 13.6 Å². The van der Waals surface area contributed by atoms with Gasteiger partial charge in [-0.2, -0.15) is 0 Å². The Kier molecular flexibility index (Phi) is 6.67. The van der Waals surface area contributed by atoms with Crippen LogP contribution in [0.3, 0.4) is 0 Å². The van der Waals surface area contributed by atoms with Crippen LogP contribution in [-0.4, -0.2) is 58.6 Å². The second kappa shape index (κ2) is 10.0. The molecule has 8 nitrogen and oxygen atoms in total. The molecule has 5 rings (SSSR count). The third-order valence-electron chi connectivity index (χ3n) is 6.54. The summed E-state index contributed by atoms with van der Waals surface area (Å²) < 4.78 is 38.4. The van der Waals surface area contributed by atoms with Crippen LogP contribution in [0.2, 0.25) is 0 Å². The Balaban J connectivity index is 1.41. The molecule has 2 aromatic heterocycles. The normalized spacial score (nSPS) is 16.0. The smallest absolute Gasteiger partial charge is 0.219 e. The second-order valence-corrected chi connectivity index (χ2v) is 8.92. The minimum atomic E-state index is -0.705. The number of carbonyl (C=O) groups excluding carboxylic acids is 1. The molecule has 0 radical (unpaired) electrons. The number of benzene rings is 1. The van der Waals surface area contributed by atoms with Crippen LogP contribution in [0.1, 0.15) is 31.2 Å². The van der Waals surface area contributed by atoms with Gasteiger partial charge in [0.25, 0.3) is 0 Å². The van der Waals surface area contributed by atoms with Crippen molar-refractivity contribution in [1.29, 1.82) is 0 Å². The highest BCUT2D eigenvalue weighted by atomic mass is 19.1. The molecule has 0 saturated carbocycles. The predicted molar refractivity (Wildman–Crippen MR) is 129 cm³/mol. The Morgan fingerprint density at radius 2 is 1.83 bits per heavy atom. The molecule has 1 fully saturated rings. The number of halogens is 2. The van der Waals surface area contributed by atoms with Gasteiger partial charge in [-0.3, -0.25) is 4.79 Å². The lowest BCUT2D eigenvalue weighted by Gasteiger charge is -2.35. The molecular weight excluding hydrogens is 468 g/mol. The van der Waals surface area contributed by atoms with Crippen LogP contribution in [0.25, 0.3) is 11.4 Å². The highest BCUT2D eigenvalue weighted by Crippen LogP contribution is 2.33. The molecule has 1 aromatic carbocycles. The number of methoxy groups -OCH3 is 1. The van der Waals surface area contributed by atoms with Gasteiger partial charge in [0.1, 0.15) is 17.6 Å². The zero-order valence-electron chi connectivity index (χ0n) is 20.2. The van der Waals surface area contributed by atoms with Crippen LogP contribution >= 0.6 is 0 Å². The van der Waals surface area contributed by atoms with E-state index in [0.29, 0.717) is 62.7 Å². The van der Waals surface area contributed by atoms with Crippen LogP contribution < -0.4 is 14.4 Å². The van der Waals surface area contributed by atoms with E-state index in [4.69, 9.17) is 19.4 Å². The van der Waals surface area contributed by atoms with Crippen LogP contribution in [0.4, 0.5) is 14.6 Å². The van der Waals surface area contributed by atoms with E-state index in [1.165, 1.54) is 12.1 Å². The Hall–Kier alpha value is -3.82. The van der Waals surface area contributed by atoms with Crippen molar-refractivity contribution in [1.82, 2.24) is 19.9 Å². The number of anilines is 1. The van der Waals surface area contributed by atoms with Gasteiger partial charge in [-0.25, -0.2) is 23.7 Å². The lowest BCUT2D eigenvalue weighted by atomic mass is 10.1. The summed E-state index contributed by atoms with van der Waals surface area (Å²) in [7, 11) is 1.56. The molecule has 0 bridgehead atoms. The van der Waals surface area contributed by atoms with Crippen molar-refractivity contribution in [3.05, 3.63) is 59.4 Å². The standard InChI is InChI=1S/C26H27F2N5O3/c1-16(34)33-13-10-20-22(15-33)30-25(21-4-3-5-24(29-21)35-2)26(31-20)32-11-8-18(9-12-32)36-23-7-6-17(27)14-19(23)28/h3-7,14,18H,8-13,15H2,1-2H3. The van der Waals surface area contributed by atoms with Crippen LogP contribution in [-0.2, 0) is 17.8 Å². The molecule has 4 heterocycles. The van der Waals surface area contributed by atoms with Crippen molar-refractivity contribution in [2.75, 3.05) is 31.6 Å². The third kappa shape index (κ3) is 4.93. The fourth-order valence-corrected chi connectivity index (χ4v) is 4.58. The molecule has 188 valence electrons. The summed E-state index contributed by atoms with van der Waals surface area (Å²) in [4.78, 5) is 30.4. The number of rotatable bonds is 5. The van der Waals surface area contributed by atoms with Crippen molar-refractivity contribution in [2.45, 2.75) is 38.8 Å². The number of pyridine rings is 1. The van der Waals surface area contributed by atoms with Crippen molar-refractivity contribution in [2.24, 2.45) is 0 Å². The number of piperidine rings is 1. The molecule has 10 heteroatoms. The van der Waals surface area contributed by atoms with E-state index in [-0.39, 0.29) is 17.8 Å². The second-order valence-electron chi connectivity index (χ2n) is 8.92. The van der Waals surface area contributed by atoms with Crippen molar-refractivity contribution >= 4 is 11.7 Å². The summed E-state index contributed by atoms with van der Waals surface area (Å²) in [5.74, 6) is -0.0874. The van der Waals surface area contributed by atoms with Gasteiger partial charge in [0.05, 0.1) is 30.7 Å². The monoisotopic (exact) mass is 495 g/mol. The van der Waals surface area contributed by atoms with Gasteiger partial charge in [-0.1, -0.05) is 6.07 Å². The number of carbonyl (C=O) groups is 1. The first-order valence-corrected chi connectivity index (χ1v) is 11.9. The van der Waals surface area contributed by atoms with Gasteiger partial charge >= 0.3 is 0 Å². The average Bonchev–Trinajstić information content (AvgIpc) is 2.89. The molecule has 2 aliphatic rings. The maximum atomic E-state index is 14.1. The van der Waals surface area contributed by atoms with E-state index in [1.54, 1.807) is 25.0 Å². The number of nitrogens with zero attached hydrogens (tertiary/aromatic N) is 5. The highest BCUT2D eigenvalue weighted by molar-refractivity contribution is 5.74.